The number of benzene rings is 1. The van der Waals surface area contributed by atoms with E-state index in [2.05, 4.69) is 0 Å². The van der Waals surface area contributed by atoms with E-state index in [4.69, 9.17) is 5.73 Å². The first-order chi connectivity index (χ1) is 7.84. The lowest BCUT2D eigenvalue weighted by Crippen LogP contribution is -2.22. The van der Waals surface area contributed by atoms with E-state index in [0.717, 1.165) is 5.56 Å². The maximum Gasteiger partial charge on any atom is 0.154 e. The molecule has 1 rings (SSSR count). The summed E-state index contributed by atoms with van der Waals surface area (Å²) in [6.45, 7) is 3.90. The largest absolute Gasteiger partial charge is 0.330 e. The molecule has 0 spiro atoms. The fourth-order valence-corrected chi connectivity index (χ4v) is 3.50. The van der Waals surface area contributed by atoms with Crippen molar-refractivity contribution in [2.24, 2.45) is 11.7 Å². The second-order valence-corrected chi connectivity index (χ2v) is 6.58. The van der Waals surface area contributed by atoms with Crippen LogP contribution in [0.15, 0.2) is 18.2 Å². The Bertz CT molecular complexity index is 485. The Morgan fingerprint density at radius 2 is 2.06 bits per heavy atom. The fraction of sp³-hybridized carbons (Fsp3) is 0.500. The van der Waals surface area contributed by atoms with Gasteiger partial charge in [0.05, 0.1) is 11.5 Å². The third-order valence-electron chi connectivity index (χ3n) is 2.63. The topological polar surface area (TPSA) is 60.2 Å². The highest BCUT2D eigenvalue weighted by atomic mass is 32.2. The molecule has 0 aliphatic rings. The highest BCUT2D eigenvalue weighted by Crippen LogP contribution is 2.15. The molecule has 1 atom stereocenters. The van der Waals surface area contributed by atoms with Gasteiger partial charge in [0.1, 0.15) is 5.82 Å². The number of nitrogens with two attached hydrogens (primary N) is 1. The molecule has 0 radical (unpaired) electrons. The lowest BCUT2D eigenvalue weighted by Gasteiger charge is -2.11. The number of rotatable bonds is 5. The van der Waals surface area contributed by atoms with Gasteiger partial charge >= 0.3 is 0 Å². The summed E-state index contributed by atoms with van der Waals surface area (Å²) in [5, 5.41) is 0. The van der Waals surface area contributed by atoms with Crippen molar-refractivity contribution in [1.29, 1.82) is 0 Å². The smallest absolute Gasteiger partial charge is 0.154 e. The molecule has 0 saturated heterocycles. The summed E-state index contributed by atoms with van der Waals surface area (Å²) in [5.41, 5.74) is 6.71. The van der Waals surface area contributed by atoms with E-state index >= 15 is 0 Å². The van der Waals surface area contributed by atoms with Crippen molar-refractivity contribution in [3.63, 3.8) is 0 Å². The SMILES string of the molecule is Cc1ccc(F)cc1CS(=O)(=O)CC(C)CN. The molecular formula is C12H18FNO2S. The summed E-state index contributed by atoms with van der Waals surface area (Å²) in [5.74, 6) is -0.568. The van der Waals surface area contributed by atoms with Crippen LogP contribution in [0.5, 0.6) is 0 Å². The molecule has 0 heterocycles. The summed E-state index contributed by atoms with van der Waals surface area (Å²) in [6, 6.07) is 4.19. The van der Waals surface area contributed by atoms with E-state index in [9.17, 15) is 12.8 Å². The van der Waals surface area contributed by atoms with Crippen LogP contribution < -0.4 is 5.73 Å². The molecular weight excluding hydrogens is 241 g/mol. The van der Waals surface area contributed by atoms with Gasteiger partial charge in [-0.25, -0.2) is 12.8 Å². The van der Waals surface area contributed by atoms with Gasteiger partial charge < -0.3 is 5.73 Å². The van der Waals surface area contributed by atoms with E-state index in [1.165, 1.54) is 12.1 Å². The minimum Gasteiger partial charge on any atom is -0.330 e. The first-order valence-electron chi connectivity index (χ1n) is 5.49. The second kappa shape index (κ2) is 5.60. The Labute approximate surface area is 102 Å². The maximum atomic E-state index is 13.0. The maximum absolute atomic E-state index is 13.0. The van der Waals surface area contributed by atoms with E-state index < -0.39 is 15.7 Å². The van der Waals surface area contributed by atoms with E-state index in [1.807, 2.05) is 0 Å². The van der Waals surface area contributed by atoms with Crippen molar-refractivity contribution >= 4 is 9.84 Å². The molecule has 1 aromatic rings. The molecule has 0 amide bonds. The molecule has 1 aromatic carbocycles. The van der Waals surface area contributed by atoms with Gasteiger partial charge in [0.25, 0.3) is 0 Å². The van der Waals surface area contributed by atoms with Gasteiger partial charge in [-0.2, -0.15) is 0 Å². The summed E-state index contributed by atoms with van der Waals surface area (Å²) >= 11 is 0. The summed E-state index contributed by atoms with van der Waals surface area (Å²) in [6.07, 6.45) is 0. The second-order valence-electron chi connectivity index (χ2n) is 4.47. The molecule has 0 fully saturated rings. The molecule has 2 N–H and O–H groups in total. The van der Waals surface area contributed by atoms with Crippen LogP contribution in [0.3, 0.4) is 0 Å². The van der Waals surface area contributed by atoms with Crippen LogP contribution in [0, 0.1) is 18.7 Å². The van der Waals surface area contributed by atoms with Crippen LogP contribution in [0.2, 0.25) is 0 Å². The predicted octanol–water partition coefficient (Wildman–Crippen LogP) is 1.64. The van der Waals surface area contributed by atoms with E-state index in [1.54, 1.807) is 19.9 Å². The van der Waals surface area contributed by atoms with Gasteiger partial charge in [-0.1, -0.05) is 13.0 Å². The van der Waals surface area contributed by atoms with Crippen molar-refractivity contribution in [3.8, 4) is 0 Å². The first-order valence-corrected chi connectivity index (χ1v) is 7.31. The highest BCUT2D eigenvalue weighted by Gasteiger charge is 2.17. The van der Waals surface area contributed by atoms with Crippen molar-refractivity contribution in [1.82, 2.24) is 0 Å². The molecule has 0 aliphatic heterocycles. The number of hydrogen-bond acceptors (Lipinski definition) is 3. The third kappa shape index (κ3) is 4.44. The fourth-order valence-electron chi connectivity index (χ4n) is 1.59. The normalized spacial score (nSPS) is 13.6. The lowest BCUT2D eigenvalue weighted by atomic mass is 10.1. The summed E-state index contributed by atoms with van der Waals surface area (Å²) in [4.78, 5) is 0. The molecule has 96 valence electrons. The molecule has 0 saturated carbocycles. The zero-order valence-electron chi connectivity index (χ0n) is 10.1. The predicted molar refractivity (Wildman–Crippen MR) is 66.8 cm³/mol. The van der Waals surface area contributed by atoms with Crippen molar-refractivity contribution in [3.05, 3.63) is 35.1 Å². The van der Waals surface area contributed by atoms with Gasteiger partial charge in [0, 0.05) is 0 Å². The molecule has 5 heteroatoms. The van der Waals surface area contributed by atoms with E-state index in [0.29, 0.717) is 12.1 Å². The van der Waals surface area contributed by atoms with Crippen LogP contribution in [0.4, 0.5) is 4.39 Å². The highest BCUT2D eigenvalue weighted by molar-refractivity contribution is 7.90. The van der Waals surface area contributed by atoms with Crippen LogP contribution in [0.25, 0.3) is 0 Å². The van der Waals surface area contributed by atoms with Crippen LogP contribution in [-0.2, 0) is 15.6 Å². The average Bonchev–Trinajstić information content (AvgIpc) is 2.22. The number of halogens is 1. The molecule has 0 aliphatic carbocycles. The Balaban J connectivity index is 2.86. The van der Waals surface area contributed by atoms with Crippen molar-refractivity contribution in [2.75, 3.05) is 12.3 Å². The van der Waals surface area contributed by atoms with Crippen LogP contribution >= 0.6 is 0 Å². The third-order valence-corrected chi connectivity index (χ3v) is 4.46. The molecule has 0 aromatic heterocycles. The number of sulfone groups is 1. The standard InChI is InChI=1S/C12H18FNO2S/c1-9(6-14)7-17(15,16)8-11-5-12(13)4-3-10(11)2/h3-5,9H,6-8,14H2,1-2H3. The first kappa shape index (κ1) is 14.1. The zero-order valence-corrected chi connectivity index (χ0v) is 10.9. The Morgan fingerprint density at radius 1 is 1.41 bits per heavy atom. The molecule has 17 heavy (non-hydrogen) atoms. The summed E-state index contributed by atoms with van der Waals surface area (Å²) < 4.78 is 36.7. The number of hydrogen-bond donors (Lipinski definition) is 1. The zero-order chi connectivity index (χ0) is 13.1. The summed E-state index contributed by atoms with van der Waals surface area (Å²) in [7, 11) is -3.23. The van der Waals surface area contributed by atoms with Crippen molar-refractivity contribution in [2.45, 2.75) is 19.6 Å². The quantitative estimate of drug-likeness (QED) is 0.874. The van der Waals surface area contributed by atoms with Crippen LogP contribution in [-0.4, -0.2) is 20.7 Å². The van der Waals surface area contributed by atoms with Gasteiger partial charge in [-0.05, 0) is 42.6 Å². The average molecular weight is 259 g/mol. The minimum absolute atomic E-state index is 0.0411. The minimum atomic E-state index is -3.23. The monoisotopic (exact) mass is 259 g/mol. The van der Waals surface area contributed by atoms with Gasteiger partial charge in [0.15, 0.2) is 9.84 Å². The van der Waals surface area contributed by atoms with E-state index in [-0.39, 0.29) is 17.4 Å². The Hall–Kier alpha value is -0.940. The van der Waals surface area contributed by atoms with Crippen molar-refractivity contribution < 1.29 is 12.8 Å². The number of aryl methyl sites for hydroxylation is 1. The Morgan fingerprint density at radius 3 is 2.65 bits per heavy atom. The lowest BCUT2D eigenvalue weighted by molar-refractivity contribution is 0.572. The molecule has 0 bridgehead atoms. The Kier molecular flexibility index (Phi) is 4.65. The molecule has 3 nitrogen and oxygen atoms in total. The van der Waals surface area contributed by atoms with Gasteiger partial charge in [-0.3, -0.25) is 0 Å². The molecule has 1 unspecified atom stereocenters. The van der Waals surface area contributed by atoms with Crippen LogP contribution in [0.1, 0.15) is 18.1 Å². The van der Waals surface area contributed by atoms with Gasteiger partial charge in [0.2, 0.25) is 0 Å². The van der Waals surface area contributed by atoms with Gasteiger partial charge in [-0.15, -0.1) is 0 Å².